The molecule has 1 saturated heterocycles. The highest BCUT2D eigenvalue weighted by atomic mass is 35.5. The van der Waals surface area contributed by atoms with Gasteiger partial charge < -0.3 is 10.2 Å². The van der Waals surface area contributed by atoms with Gasteiger partial charge in [0.1, 0.15) is 0 Å². The van der Waals surface area contributed by atoms with E-state index in [1.165, 1.54) is 0 Å². The largest absolute Gasteiger partial charge is 0.337 e. The lowest BCUT2D eigenvalue weighted by Gasteiger charge is -2.38. The van der Waals surface area contributed by atoms with Crippen molar-refractivity contribution in [1.29, 1.82) is 0 Å². The van der Waals surface area contributed by atoms with Crippen LogP contribution < -0.4 is 5.32 Å². The van der Waals surface area contributed by atoms with Crippen molar-refractivity contribution in [2.75, 3.05) is 18.8 Å². The second-order valence-electron chi connectivity index (χ2n) is 5.19. The molecule has 1 fully saturated rings. The van der Waals surface area contributed by atoms with Crippen molar-refractivity contribution < 1.29 is 4.79 Å². The Morgan fingerprint density at radius 1 is 1.41 bits per heavy atom. The van der Waals surface area contributed by atoms with E-state index in [9.17, 15) is 4.79 Å². The van der Waals surface area contributed by atoms with E-state index in [4.69, 9.17) is 0 Å². The summed E-state index contributed by atoms with van der Waals surface area (Å²) < 4.78 is 0. The predicted molar refractivity (Wildman–Crippen MR) is 98.2 cm³/mol. The number of nitrogens with one attached hydrogen (secondary N) is 1. The highest BCUT2D eigenvalue weighted by molar-refractivity contribution is 7.98. The van der Waals surface area contributed by atoms with Gasteiger partial charge >= 0.3 is 0 Å². The SMILES string of the molecule is CC1NCCN(C(=O)CCSCc2ccccn2)C1C.Cl.Cl. The summed E-state index contributed by atoms with van der Waals surface area (Å²) in [6.07, 6.45) is 2.43. The smallest absolute Gasteiger partial charge is 0.223 e. The van der Waals surface area contributed by atoms with Gasteiger partial charge in [0, 0.05) is 49.3 Å². The zero-order chi connectivity index (χ0) is 14.4. The van der Waals surface area contributed by atoms with Crippen LogP contribution in [0.1, 0.15) is 26.0 Å². The number of pyridine rings is 1. The number of hydrogen-bond donors (Lipinski definition) is 1. The van der Waals surface area contributed by atoms with Crippen molar-refractivity contribution in [1.82, 2.24) is 15.2 Å². The van der Waals surface area contributed by atoms with Crippen LogP contribution in [-0.2, 0) is 10.5 Å². The third-order valence-corrected chi connectivity index (χ3v) is 4.78. The van der Waals surface area contributed by atoms with Gasteiger partial charge in [0.05, 0.1) is 5.69 Å². The quantitative estimate of drug-likeness (QED) is 0.814. The Morgan fingerprint density at radius 2 is 2.18 bits per heavy atom. The highest BCUT2D eigenvalue weighted by Gasteiger charge is 2.27. The average Bonchev–Trinajstić information content (AvgIpc) is 2.47. The molecule has 0 radical (unpaired) electrons. The molecular formula is C15H25Cl2N3OS. The molecule has 126 valence electrons. The number of carbonyl (C=O) groups excluding carboxylic acids is 1. The molecule has 22 heavy (non-hydrogen) atoms. The first-order chi connectivity index (χ1) is 9.68. The fourth-order valence-electron chi connectivity index (χ4n) is 2.37. The summed E-state index contributed by atoms with van der Waals surface area (Å²) in [5, 5.41) is 3.40. The van der Waals surface area contributed by atoms with E-state index < -0.39 is 0 Å². The van der Waals surface area contributed by atoms with Crippen LogP contribution in [-0.4, -0.2) is 46.7 Å². The number of carbonyl (C=O) groups is 1. The molecule has 4 nitrogen and oxygen atoms in total. The summed E-state index contributed by atoms with van der Waals surface area (Å²) >= 11 is 1.78. The average molecular weight is 366 g/mol. The highest BCUT2D eigenvalue weighted by Crippen LogP contribution is 2.14. The van der Waals surface area contributed by atoms with E-state index in [1.807, 2.05) is 29.3 Å². The summed E-state index contributed by atoms with van der Waals surface area (Å²) in [4.78, 5) is 18.5. The lowest BCUT2D eigenvalue weighted by atomic mass is 10.1. The van der Waals surface area contributed by atoms with Crippen LogP contribution in [0, 0.1) is 0 Å². The Hall–Kier alpha value is -0.490. The van der Waals surface area contributed by atoms with Crippen LogP contribution in [0.15, 0.2) is 24.4 Å². The number of nitrogens with zero attached hydrogens (tertiary/aromatic N) is 2. The first-order valence-corrected chi connectivity index (χ1v) is 8.34. The van der Waals surface area contributed by atoms with Crippen molar-refractivity contribution in [3.8, 4) is 0 Å². The number of hydrogen-bond acceptors (Lipinski definition) is 4. The van der Waals surface area contributed by atoms with Crippen LogP contribution in [0.25, 0.3) is 0 Å². The van der Waals surface area contributed by atoms with Gasteiger partial charge in [0.15, 0.2) is 0 Å². The molecule has 2 rings (SSSR count). The molecule has 1 amide bonds. The van der Waals surface area contributed by atoms with Gasteiger partial charge in [-0.05, 0) is 26.0 Å². The van der Waals surface area contributed by atoms with Crippen LogP contribution >= 0.6 is 36.6 Å². The summed E-state index contributed by atoms with van der Waals surface area (Å²) in [7, 11) is 0. The van der Waals surface area contributed by atoms with Gasteiger partial charge in [-0.1, -0.05) is 6.07 Å². The Labute approximate surface area is 149 Å². The Morgan fingerprint density at radius 3 is 2.86 bits per heavy atom. The van der Waals surface area contributed by atoms with Gasteiger partial charge in [0.2, 0.25) is 5.91 Å². The maximum Gasteiger partial charge on any atom is 0.223 e. The van der Waals surface area contributed by atoms with Crippen LogP contribution in [0.4, 0.5) is 0 Å². The molecule has 2 atom stereocenters. The van der Waals surface area contributed by atoms with Crippen molar-refractivity contribution in [3.63, 3.8) is 0 Å². The third-order valence-electron chi connectivity index (χ3n) is 3.79. The minimum absolute atomic E-state index is 0. The first-order valence-electron chi connectivity index (χ1n) is 7.19. The maximum absolute atomic E-state index is 12.2. The molecule has 2 unspecified atom stereocenters. The molecule has 0 aliphatic carbocycles. The molecular weight excluding hydrogens is 341 g/mol. The van der Waals surface area contributed by atoms with Crippen molar-refractivity contribution in [2.45, 2.75) is 38.1 Å². The lowest BCUT2D eigenvalue weighted by Crippen LogP contribution is -2.57. The number of halogens is 2. The third kappa shape index (κ3) is 6.32. The molecule has 1 aromatic heterocycles. The number of piperazine rings is 1. The van der Waals surface area contributed by atoms with E-state index in [2.05, 4.69) is 24.1 Å². The fraction of sp³-hybridized carbons (Fsp3) is 0.600. The molecule has 0 aromatic carbocycles. The molecule has 0 spiro atoms. The first kappa shape index (κ1) is 21.5. The minimum Gasteiger partial charge on any atom is -0.337 e. The van der Waals surface area contributed by atoms with Crippen molar-refractivity contribution in [2.24, 2.45) is 0 Å². The van der Waals surface area contributed by atoms with Crippen molar-refractivity contribution in [3.05, 3.63) is 30.1 Å². The summed E-state index contributed by atoms with van der Waals surface area (Å²) in [5.74, 6) is 2.02. The molecule has 1 aliphatic rings. The number of amides is 1. The van der Waals surface area contributed by atoms with Gasteiger partial charge in [-0.25, -0.2) is 0 Å². The number of thioether (sulfide) groups is 1. The lowest BCUT2D eigenvalue weighted by molar-refractivity contribution is -0.134. The number of rotatable bonds is 5. The summed E-state index contributed by atoms with van der Waals surface area (Å²) in [6, 6.07) is 6.61. The normalized spacial score (nSPS) is 20.7. The van der Waals surface area contributed by atoms with Gasteiger partial charge in [-0.3, -0.25) is 9.78 Å². The van der Waals surface area contributed by atoms with Gasteiger partial charge in [-0.2, -0.15) is 11.8 Å². The summed E-state index contributed by atoms with van der Waals surface area (Å²) in [6.45, 7) is 5.99. The van der Waals surface area contributed by atoms with E-state index in [-0.39, 0.29) is 36.8 Å². The molecule has 0 saturated carbocycles. The topological polar surface area (TPSA) is 45.2 Å². The second-order valence-corrected chi connectivity index (χ2v) is 6.30. The van der Waals surface area contributed by atoms with E-state index in [1.54, 1.807) is 11.8 Å². The molecule has 7 heteroatoms. The van der Waals surface area contributed by atoms with E-state index in [0.717, 1.165) is 30.3 Å². The minimum atomic E-state index is 0. The Kier molecular flexibility index (Phi) is 10.9. The van der Waals surface area contributed by atoms with Crippen molar-refractivity contribution >= 4 is 42.5 Å². The molecule has 1 aliphatic heterocycles. The second kappa shape index (κ2) is 11.1. The number of aromatic nitrogens is 1. The monoisotopic (exact) mass is 365 g/mol. The molecule has 1 N–H and O–H groups in total. The van der Waals surface area contributed by atoms with Crippen LogP contribution in [0.5, 0.6) is 0 Å². The Balaban J connectivity index is 0.00000220. The van der Waals surface area contributed by atoms with Crippen LogP contribution in [0.2, 0.25) is 0 Å². The van der Waals surface area contributed by atoms with E-state index >= 15 is 0 Å². The summed E-state index contributed by atoms with van der Waals surface area (Å²) in [5.41, 5.74) is 1.08. The zero-order valence-corrected chi connectivity index (χ0v) is 15.5. The molecule has 2 heterocycles. The molecule has 0 bridgehead atoms. The maximum atomic E-state index is 12.2. The van der Waals surface area contributed by atoms with Gasteiger partial charge in [-0.15, -0.1) is 24.8 Å². The molecule has 1 aromatic rings. The Bertz CT molecular complexity index is 436. The fourth-order valence-corrected chi connectivity index (χ4v) is 3.22. The standard InChI is InChI=1S/C15H23N3OS.2ClH/c1-12-13(2)18(9-8-16-12)15(19)6-10-20-11-14-5-3-4-7-17-14;;/h3-5,7,12-13,16H,6,8-11H2,1-2H3;2*1H. The van der Waals surface area contributed by atoms with Crippen LogP contribution in [0.3, 0.4) is 0 Å². The van der Waals surface area contributed by atoms with Gasteiger partial charge in [0.25, 0.3) is 0 Å². The zero-order valence-electron chi connectivity index (χ0n) is 13.0. The van der Waals surface area contributed by atoms with E-state index in [0.29, 0.717) is 12.5 Å². The predicted octanol–water partition coefficient (Wildman–Crippen LogP) is 2.76.